The smallest absolute Gasteiger partial charge is 0.119 e. The van der Waals surface area contributed by atoms with Crippen LogP contribution in [0.3, 0.4) is 0 Å². The zero-order chi connectivity index (χ0) is 13.0. The number of hydrogen-bond donors (Lipinski definition) is 2. The van der Waals surface area contributed by atoms with Crippen LogP contribution in [0.4, 0.5) is 0 Å². The van der Waals surface area contributed by atoms with Gasteiger partial charge in [-0.1, -0.05) is 17.7 Å². The van der Waals surface area contributed by atoms with Gasteiger partial charge in [0.15, 0.2) is 0 Å². The molecule has 0 aliphatic heterocycles. The third-order valence-electron chi connectivity index (χ3n) is 3.47. The SMILES string of the molecule is Cc1ccc(OCC(O)CNC(C)C2CC2)cc1. The van der Waals surface area contributed by atoms with E-state index in [0.29, 0.717) is 19.2 Å². The van der Waals surface area contributed by atoms with Gasteiger partial charge in [-0.2, -0.15) is 0 Å². The second kappa shape index (κ2) is 6.21. The van der Waals surface area contributed by atoms with E-state index >= 15 is 0 Å². The summed E-state index contributed by atoms with van der Waals surface area (Å²) in [7, 11) is 0. The van der Waals surface area contributed by atoms with E-state index in [9.17, 15) is 5.11 Å². The Kier molecular flexibility index (Phi) is 4.61. The number of benzene rings is 1. The van der Waals surface area contributed by atoms with Crippen LogP contribution in [0.5, 0.6) is 5.75 Å². The Morgan fingerprint density at radius 2 is 2.00 bits per heavy atom. The van der Waals surface area contributed by atoms with Crippen molar-refractivity contribution in [2.75, 3.05) is 13.2 Å². The Hall–Kier alpha value is -1.06. The van der Waals surface area contributed by atoms with Crippen LogP contribution in [0.15, 0.2) is 24.3 Å². The van der Waals surface area contributed by atoms with E-state index in [1.807, 2.05) is 31.2 Å². The minimum absolute atomic E-state index is 0.341. The van der Waals surface area contributed by atoms with Crippen molar-refractivity contribution in [1.29, 1.82) is 0 Å². The minimum Gasteiger partial charge on any atom is -0.491 e. The maximum absolute atomic E-state index is 9.83. The molecule has 2 N–H and O–H groups in total. The summed E-state index contributed by atoms with van der Waals surface area (Å²) >= 11 is 0. The zero-order valence-electron chi connectivity index (χ0n) is 11.2. The Labute approximate surface area is 109 Å². The molecule has 3 nitrogen and oxygen atoms in total. The first-order chi connectivity index (χ1) is 8.65. The van der Waals surface area contributed by atoms with Crippen LogP contribution in [0.25, 0.3) is 0 Å². The standard InChI is InChI=1S/C15H23NO2/c1-11-3-7-15(8-4-11)18-10-14(17)9-16-12(2)13-5-6-13/h3-4,7-8,12-14,16-17H,5-6,9-10H2,1-2H3. The van der Waals surface area contributed by atoms with E-state index in [4.69, 9.17) is 4.74 Å². The van der Waals surface area contributed by atoms with E-state index < -0.39 is 6.10 Å². The van der Waals surface area contributed by atoms with Crippen LogP contribution in [0.1, 0.15) is 25.3 Å². The molecule has 2 unspecified atom stereocenters. The van der Waals surface area contributed by atoms with E-state index in [0.717, 1.165) is 11.7 Å². The van der Waals surface area contributed by atoms with Crippen molar-refractivity contribution in [2.24, 2.45) is 5.92 Å². The Morgan fingerprint density at radius 3 is 2.61 bits per heavy atom. The van der Waals surface area contributed by atoms with Crippen LogP contribution < -0.4 is 10.1 Å². The van der Waals surface area contributed by atoms with Crippen LogP contribution in [-0.4, -0.2) is 30.4 Å². The molecule has 0 aromatic heterocycles. The number of aliphatic hydroxyl groups excluding tert-OH is 1. The van der Waals surface area contributed by atoms with Gasteiger partial charge in [0, 0.05) is 12.6 Å². The molecule has 1 aliphatic carbocycles. The first kappa shape index (κ1) is 13.4. The highest BCUT2D eigenvalue weighted by Crippen LogP contribution is 2.32. The molecule has 100 valence electrons. The topological polar surface area (TPSA) is 41.5 Å². The van der Waals surface area contributed by atoms with Crippen molar-refractivity contribution in [3.8, 4) is 5.75 Å². The van der Waals surface area contributed by atoms with Crippen molar-refractivity contribution in [3.05, 3.63) is 29.8 Å². The monoisotopic (exact) mass is 249 g/mol. The Morgan fingerprint density at radius 1 is 1.33 bits per heavy atom. The lowest BCUT2D eigenvalue weighted by molar-refractivity contribution is 0.103. The molecule has 2 rings (SSSR count). The van der Waals surface area contributed by atoms with Gasteiger partial charge in [-0.3, -0.25) is 0 Å². The Balaban J connectivity index is 1.64. The lowest BCUT2D eigenvalue weighted by Gasteiger charge is -2.17. The average Bonchev–Trinajstić information content (AvgIpc) is 3.19. The predicted molar refractivity (Wildman–Crippen MR) is 72.9 cm³/mol. The molecule has 0 saturated heterocycles. The van der Waals surface area contributed by atoms with Crippen LogP contribution in [0, 0.1) is 12.8 Å². The lowest BCUT2D eigenvalue weighted by Crippen LogP contribution is -2.37. The molecule has 1 aromatic rings. The molecule has 1 fully saturated rings. The highest BCUT2D eigenvalue weighted by molar-refractivity contribution is 5.26. The quantitative estimate of drug-likeness (QED) is 0.778. The molecule has 1 saturated carbocycles. The summed E-state index contributed by atoms with van der Waals surface area (Å²) in [6.45, 7) is 5.17. The molecular weight excluding hydrogens is 226 g/mol. The van der Waals surface area contributed by atoms with Gasteiger partial charge in [-0.25, -0.2) is 0 Å². The molecule has 1 aromatic carbocycles. The van der Waals surface area contributed by atoms with Gasteiger partial charge in [-0.05, 0) is 44.7 Å². The maximum atomic E-state index is 9.83. The molecule has 0 radical (unpaired) electrons. The normalized spacial score (nSPS) is 18.4. The van der Waals surface area contributed by atoms with Crippen molar-refractivity contribution in [2.45, 2.75) is 38.8 Å². The minimum atomic E-state index is -0.451. The number of nitrogens with one attached hydrogen (secondary N) is 1. The molecule has 3 heteroatoms. The number of hydrogen-bond acceptors (Lipinski definition) is 3. The summed E-state index contributed by atoms with van der Waals surface area (Å²) in [5, 5.41) is 13.2. The van der Waals surface area contributed by atoms with E-state index in [-0.39, 0.29) is 0 Å². The van der Waals surface area contributed by atoms with Gasteiger partial charge >= 0.3 is 0 Å². The lowest BCUT2D eigenvalue weighted by atomic mass is 10.2. The molecule has 0 spiro atoms. The van der Waals surface area contributed by atoms with Crippen LogP contribution >= 0.6 is 0 Å². The highest BCUT2D eigenvalue weighted by atomic mass is 16.5. The van der Waals surface area contributed by atoms with E-state index in [1.165, 1.54) is 18.4 Å². The second-order valence-corrected chi connectivity index (χ2v) is 5.31. The van der Waals surface area contributed by atoms with E-state index in [2.05, 4.69) is 12.2 Å². The highest BCUT2D eigenvalue weighted by Gasteiger charge is 2.27. The first-order valence-corrected chi connectivity index (χ1v) is 6.76. The summed E-state index contributed by atoms with van der Waals surface area (Å²) in [4.78, 5) is 0. The summed E-state index contributed by atoms with van der Waals surface area (Å²) in [6, 6.07) is 8.40. The zero-order valence-corrected chi connectivity index (χ0v) is 11.2. The summed E-state index contributed by atoms with van der Waals surface area (Å²) in [5.74, 6) is 1.63. The van der Waals surface area contributed by atoms with Gasteiger partial charge in [0.1, 0.15) is 18.5 Å². The van der Waals surface area contributed by atoms with Crippen molar-refractivity contribution >= 4 is 0 Å². The fourth-order valence-electron chi connectivity index (χ4n) is 1.97. The fourth-order valence-corrected chi connectivity index (χ4v) is 1.97. The first-order valence-electron chi connectivity index (χ1n) is 6.76. The van der Waals surface area contributed by atoms with Crippen molar-refractivity contribution in [3.63, 3.8) is 0 Å². The second-order valence-electron chi connectivity index (χ2n) is 5.31. The molecular formula is C15H23NO2. The molecule has 0 bridgehead atoms. The van der Waals surface area contributed by atoms with Gasteiger partial charge in [-0.15, -0.1) is 0 Å². The third-order valence-corrected chi connectivity index (χ3v) is 3.47. The number of aryl methyl sites for hydroxylation is 1. The molecule has 18 heavy (non-hydrogen) atoms. The maximum Gasteiger partial charge on any atom is 0.119 e. The van der Waals surface area contributed by atoms with Gasteiger partial charge < -0.3 is 15.2 Å². The molecule has 2 atom stereocenters. The number of aliphatic hydroxyl groups is 1. The van der Waals surface area contributed by atoms with Gasteiger partial charge in [0.05, 0.1) is 0 Å². The van der Waals surface area contributed by atoms with Gasteiger partial charge in [0.2, 0.25) is 0 Å². The average molecular weight is 249 g/mol. The van der Waals surface area contributed by atoms with Crippen molar-refractivity contribution in [1.82, 2.24) is 5.32 Å². The van der Waals surface area contributed by atoms with Crippen LogP contribution in [-0.2, 0) is 0 Å². The summed E-state index contributed by atoms with van der Waals surface area (Å²) in [5.41, 5.74) is 1.21. The Bertz CT molecular complexity index is 359. The van der Waals surface area contributed by atoms with Crippen LogP contribution in [0.2, 0.25) is 0 Å². The largest absolute Gasteiger partial charge is 0.491 e. The third kappa shape index (κ3) is 4.31. The summed E-state index contributed by atoms with van der Waals surface area (Å²) < 4.78 is 5.54. The summed E-state index contributed by atoms with van der Waals surface area (Å²) in [6.07, 6.45) is 2.20. The molecule has 0 amide bonds. The number of rotatable bonds is 7. The number of ether oxygens (including phenoxy) is 1. The fraction of sp³-hybridized carbons (Fsp3) is 0.600. The van der Waals surface area contributed by atoms with E-state index in [1.54, 1.807) is 0 Å². The van der Waals surface area contributed by atoms with Gasteiger partial charge in [0.25, 0.3) is 0 Å². The molecule has 0 heterocycles. The van der Waals surface area contributed by atoms with Crippen molar-refractivity contribution < 1.29 is 9.84 Å². The molecule has 1 aliphatic rings. The predicted octanol–water partition coefficient (Wildman–Crippen LogP) is 2.12.